The SMILES string of the molecule is O=C(Nc1ccc2c(c1)OCO2)c1cc2ccccc2cc1O. The van der Waals surface area contributed by atoms with Gasteiger partial charge in [0.15, 0.2) is 11.5 Å². The molecule has 2 N–H and O–H groups in total. The third-order valence-corrected chi connectivity index (χ3v) is 3.74. The highest BCUT2D eigenvalue weighted by Gasteiger charge is 2.16. The molecule has 1 heterocycles. The van der Waals surface area contributed by atoms with Crippen molar-refractivity contribution >= 4 is 22.4 Å². The van der Waals surface area contributed by atoms with Crippen molar-refractivity contribution in [1.29, 1.82) is 0 Å². The number of rotatable bonds is 2. The van der Waals surface area contributed by atoms with Crippen LogP contribution in [0.5, 0.6) is 17.2 Å². The van der Waals surface area contributed by atoms with Crippen LogP contribution in [0.2, 0.25) is 0 Å². The summed E-state index contributed by atoms with van der Waals surface area (Å²) in [6.07, 6.45) is 0. The normalized spacial score (nSPS) is 12.3. The Kier molecular flexibility index (Phi) is 3.05. The summed E-state index contributed by atoms with van der Waals surface area (Å²) < 4.78 is 10.5. The zero-order valence-electron chi connectivity index (χ0n) is 12.1. The lowest BCUT2D eigenvalue weighted by atomic mass is 10.1. The number of phenolic OH excluding ortho intramolecular Hbond substituents is 1. The summed E-state index contributed by atoms with van der Waals surface area (Å²) in [6.45, 7) is 0.179. The van der Waals surface area contributed by atoms with E-state index in [9.17, 15) is 9.90 Å². The average molecular weight is 307 g/mol. The monoisotopic (exact) mass is 307 g/mol. The molecule has 0 aromatic heterocycles. The minimum Gasteiger partial charge on any atom is -0.507 e. The van der Waals surface area contributed by atoms with Crippen LogP contribution in [0.3, 0.4) is 0 Å². The highest BCUT2D eigenvalue weighted by atomic mass is 16.7. The Bertz CT molecular complexity index is 920. The zero-order valence-corrected chi connectivity index (χ0v) is 12.1. The zero-order chi connectivity index (χ0) is 15.8. The summed E-state index contributed by atoms with van der Waals surface area (Å²) in [5.74, 6) is 0.802. The number of phenols is 1. The topological polar surface area (TPSA) is 67.8 Å². The van der Waals surface area contributed by atoms with Gasteiger partial charge in [0, 0.05) is 11.8 Å². The van der Waals surface area contributed by atoms with Crippen LogP contribution in [0.4, 0.5) is 5.69 Å². The largest absolute Gasteiger partial charge is 0.507 e. The number of hydrogen-bond acceptors (Lipinski definition) is 4. The first-order valence-electron chi connectivity index (χ1n) is 7.13. The lowest BCUT2D eigenvalue weighted by Gasteiger charge is -2.09. The van der Waals surface area contributed by atoms with Crippen molar-refractivity contribution in [2.75, 3.05) is 12.1 Å². The van der Waals surface area contributed by atoms with Gasteiger partial charge in [0.05, 0.1) is 5.56 Å². The van der Waals surface area contributed by atoms with Gasteiger partial charge < -0.3 is 19.9 Å². The molecule has 5 nitrogen and oxygen atoms in total. The number of nitrogens with one attached hydrogen (secondary N) is 1. The van der Waals surface area contributed by atoms with Crippen molar-refractivity contribution < 1.29 is 19.4 Å². The molecule has 1 amide bonds. The molecular formula is C18H13NO4. The van der Waals surface area contributed by atoms with Crippen LogP contribution in [0.1, 0.15) is 10.4 Å². The minimum absolute atomic E-state index is 0.0538. The third kappa shape index (κ3) is 2.42. The molecule has 0 saturated carbocycles. The number of fused-ring (bicyclic) bond motifs is 2. The number of amides is 1. The van der Waals surface area contributed by atoms with E-state index in [1.54, 1.807) is 30.3 Å². The van der Waals surface area contributed by atoms with Gasteiger partial charge in [-0.1, -0.05) is 24.3 Å². The van der Waals surface area contributed by atoms with Crippen LogP contribution in [0.25, 0.3) is 10.8 Å². The molecular weight excluding hydrogens is 294 g/mol. The fourth-order valence-corrected chi connectivity index (χ4v) is 2.58. The van der Waals surface area contributed by atoms with Crippen LogP contribution >= 0.6 is 0 Å². The van der Waals surface area contributed by atoms with Crippen LogP contribution < -0.4 is 14.8 Å². The van der Waals surface area contributed by atoms with E-state index in [4.69, 9.17) is 9.47 Å². The van der Waals surface area contributed by atoms with Crippen LogP contribution in [0.15, 0.2) is 54.6 Å². The molecule has 1 aliphatic rings. The number of benzene rings is 3. The molecule has 23 heavy (non-hydrogen) atoms. The Balaban J connectivity index is 1.65. The van der Waals surface area contributed by atoms with Gasteiger partial charge in [-0.25, -0.2) is 0 Å². The van der Waals surface area contributed by atoms with Crippen LogP contribution in [0, 0.1) is 0 Å². The van der Waals surface area contributed by atoms with Gasteiger partial charge in [-0.2, -0.15) is 0 Å². The lowest BCUT2D eigenvalue weighted by molar-refractivity contribution is 0.102. The molecule has 0 fully saturated rings. The summed E-state index contributed by atoms with van der Waals surface area (Å²) in [5.41, 5.74) is 0.799. The van der Waals surface area contributed by atoms with Gasteiger partial charge in [0.2, 0.25) is 6.79 Å². The number of hydrogen-bond donors (Lipinski definition) is 2. The maximum atomic E-state index is 12.4. The fraction of sp³-hybridized carbons (Fsp3) is 0.0556. The highest BCUT2D eigenvalue weighted by molar-refractivity contribution is 6.08. The number of aromatic hydroxyl groups is 1. The quantitative estimate of drug-likeness (QED) is 0.760. The molecule has 0 spiro atoms. The van der Waals surface area contributed by atoms with Gasteiger partial charge in [0.25, 0.3) is 5.91 Å². The molecule has 0 radical (unpaired) electrons. The van der Waals surface area contributed by atoms with Crippen molar-refractivity contribution in [2.45, 2.75) is 0 Å². The molecule has 4 rings (SSSR count). The smallest absolute Gasteiger partial charge is 0.259 e. The maximum Gasteiger partial charge on any atom is 0.259 e. The standard InChI is InChI=1S/C18H13NO4/c20-15-8-12-4-2-1-3-11(12)7-14(15)18(21)19-13-5-6-16-17(9-13)23-10-22-16/h1-9,20H,10H2,(H,19,21). The fourth-order valence-electron chi connectivity index (χ4n) is 2.58. The van der Waals surface area contributed by atoms with E-state index >= 15 is 0 Å². The summed E-state index contributed by atoms with van der Waals surface area (Å²) in [6, 6.07) is 16.0. The van der Waals surface area contributed by atoms with E-state index in [1.807, 2.05) is 24.3 Å². The summed E-state index contributed by atoms with van der Waals surface area (Å²) in [7, 11) is 0. The van der Waals surface area contributed by atoms with Crippen LogP contribution in [-0.2, 0) is 0 Å². The Morgan fingerprint density at radius 1 is 0.957 bits per heavy atom. The minimum atomic E-state index is -0.382. The van der Waals surface area contributed by atoms with Crippen molar-refractivity contribution in [1.82, 2.24) is 0 Å². The molecule has 0 unspecified atom stereocenters. The molecule has 114 valence electrons. The molecule has 3 aromatic carbocycles. The predicted molar refractivity (Wildman–Crippen MR) is 86.1 cm³/mol. The second-order valence-electron chi connectivity index (χ2n) is 5.24. The van der Waals surface area contributed by atoms with Crippen LogP contribution in [-0.4, -0.2) is 17.8 Å². The van der Waals surface area contributed by atoms with Crippen molar-refractivity contribution in [3.05, 3.63) is 60.2 Å². The second-order valence-corrected chi connectivity index (χ2v) is 5.24. The number of ether oxygens (including phenoxy) is 2. The van der Waals surface area contributed by atoms with E-state index in [2.05, 4.69) is 5.32 Å². The molecule has 3 aromatic rings. The maximum absolute atomic E-state index is 12.4. The van der Waals surface area contributed by atoms with Crippen molar-refractivity contribution in [3.63, 3.8) is 0 Å². The average Bonchev–Trinajstić information content (AvgIpc) is 3.01. The second kappa shape index (κ2) is 5.21. The number of carbonyl (C=O) groups excluding carboxylic acids is 1. The first kappa shape index (κ1) is 13.5. The van der Waals surface area contributed by atoms with E-state index in [1.165, 1.54) is 0 Å². The van der Waals surface area contributed by atoms with Crippen molar-refractivity contribution in [3.8, 4) is 17.2 Å². The molecule has 5 heteroatoms. The van der Waals surface area contributed by atoms with E-state index in [0.717, 1.165) is 10.8 Å². The highest BCUT2D eigenvalue weighted by Crippen LogP contribution is 2.34. The Hall–Kier alpha value is -3.21. The van der Waals surface area contributed by atoms with Gasteiger partial charge in [0.1, 0.15) is 5.75 Å². The summed E-state index contributed by atoms with van der Waals surface area (Å²) in [5, 5.41) is 14.6. The Labute approximate surface area is 132 Å². The number of carbonyl (C=O) groups is 1. The van der Waals surface area contributed by atoms with E-state index in [0.29, 0.717) is 17.2 Å². The third-order valence-electron chi connectivity index (χ3n) is 3.74. The van der Waals surface area contributed by atoms with Gasteiger partial charge in [-0.15, -0.1) is 0 Å². The first-order valence-corrected chi connectivity index (χ1v) is 7.13. The van der Waals surface area contributed by atoms with Crippen molar-refractivity contribution in [2.24, 2.45) is 0 Å². The lowest BCUT2D eigenvalue weighted by Crippen LogP contribution is -2.12. The summed E-state index contributed by atoms with van der Waals surface area (Å²) in [4.78, 5) is 12.4. The number of anilines is 1. The summed E-state index contributed by atoms with van der Waals surface area (Å²) >= 11 is 0. The van der Waals surface area contributed by atoms with E-state index in [-0.39, 0.29) is 24.0 Å². The Morgan fingerprint density at radius 2 is 1.70 bits per heavy atom. The Morgan fingerprint density at radius 3 is 2.52 bits per heavy atom. The molecule has 0 atom stereocenters. The first-order chi connectivity index (χ1) is 11.2. The van der Waals surface area contributed by atoms with E-state index < -0.39 is 0 Å². The molecule has 0 bridgehead atoms. The van der Waals surface area contributed by atoms with Gasteiger partial charge in [-0.3, -0.25) is 4.79 Å². The van der Waals surface area contributed by atoms with Gasteiger partial charge >= 0.3 is 0 Å². The molecule has 1 aliphatic heterocycles. The molecule has 0 saturated heterocycles. The molecule has 0 aliphatic carbocycles. The van der Waals surface area contributed by atoms with Gasteiger partial charge in [-0.05, 0) is 35.0 Å². The predicted octanol–water partition coefficient (Wildman–Crippen LogP) is 3.53.